The third kappa shape index (κ3) is 3.32. The molecule has 1 amide bonds. The van der Waals surface area contributed by atoms with E-state index in [0.717, 1.165) is 11.4 Å². The maximum atomic E-state index is 12.5. The van der Waals surface area contributed by atoms with Gasteiger partial charge in [0.05, 0.1) is 6.54 Å². The first-order valence-electron chi connectivity index (χ1n) is 7.32. The van der Waals surface area contributed by atoms with E-state index in [9.17, 15) is 4.79 Å². The van der Waals surface area contributed by atoms with Crippen molar-refractivity contribution in [3.05, 3.63) is 57.5 Å². The van der Waals surface area contributed by atoms with E-state index in [4.69, 9.17) is 0 Å². The number of rotatable bonds is 4. The van der Waals surface area contributed by atoms with E-state index in [2.05, 4.69) is 33.6 Å². The lowest BCUT2D eigenvalue weighted by atomic mass is 10.1. The van der Waals surface area contributed by atoms with Gasteiger partial charge in [-0.2, -0.15) is 5.10 Å². The highest BCUT2D eigenvalue weighted by atomic mass is 32.1. The topological polar surface area (TPSA) is 61.9 Å². The Hall–Kier alpha value is -2.47. The van der Waals surface area contributed by atoms with E-state index in [-0.39, 0.29) is 5.91 Å². The molecule has 0 aliphatic heterocycles. The minimum atomic E-state index is 0.00974. The van der Waals surface area contributed by atoms with Gasteiger partial charge in [-0.05, 0) is 43.0 Å². The lowest BCUT2D eigenvalue weighted by Crippen LogP contribution is -2.26. The molecule has 6 heteroatoms. The Balaban J connectivity index is 1.73. The van der Waals surface area contributed by atoms with Crippen molar-refractivity contribution >= 4 is 17.2 Å². The molecule has 0 saturated heterocycles. The molecule has 0 spiro atoms. The number of aromatic nitrogens is 3. The second-order valence-corrected chi connectivity index (χ2v) is 6.51. The first kappa shape index (κ1) is 15.4. The Labute approximate surface area is 139 Å². The van der Waals surface area contributed by atoms with Crippen LogP contribution in [0.3, 0.4) is 0 Å². The normalized spacial score (nSPS) is 10.7. The van der Waals surface area contributed by atoms with Gasteiger partial charge in [0, 0.05) is 23.1 Å². The summed E-state index contributed by atoms with van der Waals surface area (Å²) in [6.45, 7) is 4.55. The third-order valence-corrected chi connectivity index (χ3v) is 4.69. The van der Waals surface area contributed by atoms with Crippen LogP contribution in [0, 0.1) is 13.8 Å². The zero-order valence-corrected chi connectivity index (χ0v) is 14.1. The number of nitrogens with one attached hydrogen (secondary N) is 1. The summed E-state index contributed by atoms with van der Waals surface area (Å²) in [5.41, 5.74) is 2.78. The largest absolute Gasteiger partial charge is 0.337 e. The van der Waals surface area contributed by atoms with Gasteiger partial charge < -0.3 is 4.90 Å². The van der Waals surface area contributed by atoms with E-state index in [0.29, 0.717) is 17.9 Å². The maximum absolute atomic E-state index is 12.5. The molecule has 3 rings (SSSR count). The number of aromatic amines is 1. The summed E-state index contributed by atoms with van der Waals surface area (Å²) in [4.78, 5) is 19.8. The number of amides is 1. The molecule has 1 N–H and O–H groups in total. The van der Waals surface area contributed by atoms with Crippen LogP contribution in [0.4, 0.5) is 0 Å². The number of aryl methyl sites for hydroxylation is 2. The highest BCUT2D eigenvalue weighted by molar-refractivity contribution is 7.10. The van der Waals surface area contributed by atoms with Gasteiger partial charge in [-0.15, -0.1) is 11.3 Å². The summed E-state index contributed by atoms with van der Waals surface area (Å²) in [6.07, 6.45) is 0. The summed E-state index contributed by atoms with van der Waals surface area (Å²) in [5.74, 6) is 1.42. The minimum absolute atomic E-state index is 0.00974. The fourth-order valence-corrected chi connectivity index (χ4v) is 3.27. The molecular weight excluding hydrogens is 308 g/mol. The van der Waals surface area contributed by atoms with Gasteiger partial charge in [0.2, 0.25) is 0 Å². The van der Waals surface area contributed by atoms with Crippen molar-refractivity contribution in [2.75, 3.05) is 7.05 Å². The molecular formula is C17H18N4OS. The van der Waals surface area contributed by atoms with Crippen molar-refractivity contribution in [2.24, 2.45) is 0 Å². The van der Waals surface area contributed by atoms with Gasteiger partial charge in [-0.25, -0.2) is 4.98 Å². The van der Waals surface area contributed by atoms with Crippen molar-refractivity contribution in [1.82, 2.24) is 20.1 Å². The first-order chi connectivity index (χ1) is 11.0. The van der Waals surface area contributed by atoms with Crippen LogP contribution in [0.25, 0.3) is 11.4 Å². The van der Waals surface area contributed by atoms with Gasteiger partial charge in [-0.1, -0.05) is 12.1 Å². The summed E-state index contributed by atoms with van der Waals surface area (Å²) in [7, 11) is 1.83. The van der Waals surface area contributed by atoms with Crippen LogP contribution < -0.4 is 0 Å². The van der Waals surface area contributed by atoms with Crippen LogP contribution in [-0.4, -0.2) is 33.0 Å². The molecule has 0 atom stereocenters. The zero-order chi connectivity index (χ0) is 16.4. The van der Waals surface area contributed by atoms with Gasteiger partial charge in [0.15, 0.2) is 5.82 Å². The molecule has 118 valence electrons. The molecule has 3 aromatic rings. The van der Waals surface area contributed by atoms with Crippen molar-refractivity contribution in [3.8, 4) is 11.4 Å². The van der Waals surface area contributed by atoms with E-state index in [1.165, 1.54) is 10.4 Å². The van der Waals surface area contributed by atoms with E-state index >= 15 is 0 Å². The number of thiophene rings is 1. The number of carbonyl (C=O) groups is 1. The maximum Gasteiger partial charge on any atom is 0.253 e. The van der Waals surface area contributed by atoms with Gasteiger partial charge in [-0.3, -0.25) is 9.89 Å². The van der Waals surface area contributed by atoms with Crippen molar-refractivity contribution in [1.29, 1.82) is 0 Å². The summed E-state index contributed by atoms with van der Waals surface area (Å²) >= 11 is 1.68. The van der Waals surface area contributed by atoms with Crippen molar-refractivity contribution in [3.63, 3.8) is 0 Å². The number of carbonyl (C=O) groups excluding carboxylic acids is 1. The molecule has 0 aliphatic rings. The Morgan fingerprint density at radius 3 is 2.52 bits per heavy atom. The highest BCUT2D eigenvalue weighted by Crippen LogP contribution is 2.20. The fraction of sp³-hybridized carbons (Fsp3) is 0.235. The second-order valence-electron chi connectivity index (χ2n) is 5.51. The molecule has 5 nitrogen and oxygen atoms in total. The summed E-state index contributed by atoms with van der Waals surface area (Å²) in [6, 6.07) is 9.47. The molecule has 23 heavy (non-hydrogen) atoms. The highest BCUT2D eigenvalue weighted by Gasteiger charge is 2.14. The number of hydrogen-bond acceptors (Lipinski definition) is 4. The van der Waals surface area contributed by atoms with Gasteiger partial charge in [0.25, 0.3) is 5.91 Å². The predicted octanol–water partition coefficient (Wildman–Crippen LogP) is 3.42. The van der Waals surface area contributed by atoms with Gasteiger partial charge in [0.1, 0.15) is 5.82 Å². The predicted molar refractivity (Wildman–Crippen MR) is 91.4 cm³/mol. The third-order valence-electron chi connectivity index (χ3n) is 3.68. The second kappa shape index (κ2) is 6.34. The molecule has 0 radical (unpaired) electrons. The molecule has 2 heterocycles. The zero-order valence-electron chi connectivity index (χ0n) is 13.3. The van der Waals surface area contributed by atoms with Crippen LogP contribution in [0.5, 0.6) is 0 Å². The Morgan fingerprint density at radius 1 is 1.22 bits per heavy atom. The summed E-state index contributed by atoms with van der Waals surface area (Å²) in [5, 5.41) is 9.00. The molecule has 0 bridgehead atoms. The molecule has 0 saturated carbocycles. The Morgan fingerprint density at radius 2 is 1.96 bits per heavy atom. The summed E-state index contributed by atoms with van der Waals surface area (Å²) < 4.78 is 0. The minimum Gasteiger partial charge on any atom is -0.337 e. The average molecular weight is 326 g/mol. The monoisotopic (exact) mass is 326 g/mol. The standard InChI is InChI=1S/C17H18N4OS/c1-11-8-9-23-15(11)10-21(3)17(22)14-6-4-13(5-7-14)16-18-12(2)19-20-16/h4-9H,10H2,1-3H3,(H,18,19,20). The van der Waals surface area contributed by atoms with Crippen molar-refractivity contribution < 1.29 is 4.79 Å². The SMILES string of the molecule is Cc1nc(-c2ccc(C(=O)N(C)Cc3sccc3C)cc2)n[nH]1. The lowest BCUT2D eigenvalue weighted by Gasteiger charge is -2.17. The van der Waals surface area contributed by atoms with E-state index in [1.807, 2.05) is 38.2 Å². The quantitative estimate of drug-likeness (QED) is 0.799. The molecule has 0 fully saturated rings. The first-order valence-corrected chi connectivity index (χ1v) is 8.20. The van der Waals surface area contributed by atoms with E-state index in [1.54, 1.807) is 16.2 Å². The Kier molecular flexibility index (Phi) is 4.25. The number of H-pyrrole nitrogens is 1. The van der Waals surface area contributed by atoms with Crippen LogP contribution in [-0.2, 0) is 6.54 Å². The Bertz CT molecular complexity index is 819. The van der Waals surface area contributed by atoms with Crippen molar-refractivity contribution in [2.45, 2.75) is 20.4 Å². The van der Waals surface area contributed by atoms with Crippen LogP contribution in [0.1, 0.15) is 26.6 Å². The smallest absolute Gasteiger partial charge is 0.253 e. The molecule has 0 aliphatic carbocycles. The number of benzene rings is 1. The molecule has 2 aromatic heterocycles. The average Bonchev–Trinajstić information content (AvgIpc) is 3.16. The van der Waals surface area contributed by atoms with Crippen LogP contribution in [0.15, 0.2) is 35.7 Å². The molecule has 1 aromatic carbocycles. The number of nitrogens with zero attached hydrogens (tertiary/aromatic N) is 3. The lowest BCUT2D eigenvalue weighted by molar-refractivity contribution is 0.0786. The number of hydrogen-bond donors (Lipinski definition) is 1. The fourth-order valence-electron chi connectivity index (χ4n) is 2.31. The van der Waals surface area contributed by atoms with E-state index < -0.39 is 0 Å². The van der Waals surface area contributed by atoms with Gasteiger partial charge >= 0.3 is 0 Å². The molecule has 0 unspecified atom stereocenters. The van der Waals surface area contributed by atoms with Crippen LogP contribution in [0.2, 0.25) is 0 Å². The van der Waals surface area contributed by atoms with Crippen LogP contribution >= 0.6 is 11.3 Å².